The molecule has 0 aliphatic rings. The number of hydrogen-bond acceptors (Lipinski definition) is 2. The van der Waals surface area contributed by atoms with Crippen molar-refractivity contribution in [3.63, 3.8) is 0 Å². The van der Waals surface area contributed by atoms with Gasteiger partial charge in [0, 0.05) is 12.1 Å². The number of carbonyl (C=O) groups is 2. The highest BCUT2D eigenvalue weighted by molar-refractivity contribution is 6.42. The van der Waals surface area contributed by atoms with Crippen molar-refractivity contribution < 1.29 is 9.59 Å². The second-order valence-electron chi connectivity index (χ2n) is 4.45. The van der Waals surface area contributed by atoms with Gasteiger partial charge in [-0.1, -0.05) is 29.3 Å². The summed E-state index contributed by atoms with van der Waals surface area (Å²) >= 11 is 11.7. The van der Waals surface area contributed by atoms with E-state index in [9.17, 15) is 9.59 Å². The molecule has 0 unspecified atom stereocenters. The molecule has 0 bridgehead atoms. The van der Waals surface area contributed by atoms with Crippen LogP contribution in [0.3, 0.4) is 0 Å². The summed E-state index contributed by atoms with van der Waals surface area (Å²) in [4.78, 5) is 22.9. The molecule has 1 rings (SSSR count). The van der Waals surface area contributed by atoms with Crippen molar-refractivity contribution in [2.45, 2.75) is 19.9 Å². The molecular weight excluding hydrogens is 299 g/mol. The molecule has 1 aromatic rings. The summed E-state index contributed by atoms with van der Waals surface area (Å²) in [5.74, 6) is -0.578. The summed E-state index contributed by atoms with van der Waals surface area (Å²) in [6.07, 6.45) is 2.93. The van der Waals surface area contributed by atoms with Gasteiger partial charge >= 0.3 is 0 Å². The number of nitrogens with one attached hydrogen (secondary N) is 2. The lowest BCUT2D eigenvalue weighted by molar-refractivity contribution is -0.124. The minimum absolute atomic E-state index is 0.0474. The van der Waals surface area contributed by atoms with Crippen LogP contribution in [0.25, 0.3) is 6.08 Å². The number of rotatable bonds is 5. The van der Waals surface area contributed by atoms with Gasteiger partial charge in [0.1, 0.15) is 0 Å². The lowest BCUT2D eigenvalue weighted by Crippen LogP contribution is -2.39. The maximum Gasteiger partial charge on any atom is 0.244 e. The molecule has 0 fully saturated rings. The predicted molar refractivity (Wildman–Crippen MR) is 81.8 cm³/mol. The van der Waals surface area contributed by atoms with Gasteiger partial charge in [-0.05, 0) is 37.6 Å². The van der Waals surface area contributed by atoms with E-state index in [1.807, 2.05) is 13.8 Å². The van der Waals surface area contributed by atoms with Gasteiger partial charge in [0.25, 0.3) is 0 Å². The Kier molecular flexibility index (Phi) is 6.55. The third kappa shape index (κ3) is 6.08. The van der Waals surface area contributed by atoms with Crippen LogP contribution in [0.15, 0.2) is 24.3 Å². The normalized spacial score (nSPS) is 10.8. The minimum Gasteiger partial charge on any atom is -0.352 e. The Bertz CT molecular complexity index is 528. The molecule has 6 heteroatoms. The SMILES string of the molecule is CC(C)NC(=O)CNC(=O)/C=C/c1ccc(Cl)c(Cl)c1. The van der Waals surface area contributed by atoms with Crippen LogP contribution in [-0.4, -0.2) is 24.4 Å². The molecule has 0 saturated carbocycles. The summed E-state index contributed by atoms with van der Waals surface area (Å²) in [7, 11) is 0. The van der Waals surface area contributed by atoms with Gasteiger partial charge in [0.15, 0.2) is 0 Å². The molecule has 0 aliphatic heterocycles. The van der Waals surface area contributed by atoms with E-state index in [4.69, 9.17) is 23.2 Å². The first-order valence-electron chi connectivity index (χ1n) is 6.09. The zero-order valence-corrected chi connectivity index (χ0v) is 12.8. The van der Waals surface area contributed by atoms with E-state index in [2.05, 4.69) is 10.6 Å². The van der Waals surface area contributed by atoms with E-state index in [1.165, 1.54) is 6.08 Å². The van der Waals surface area contributed by atoms with E-state index in [0.29, 0.717) is 10.0 Å². The summed E-state index contributed by atoms with van der Waals surface area (Å²) in [6.45, 7) is 3.65. The van der Waals surface area contributed by atoms with E-state index in [1.54, 1.807) is 24.3 Å². The van der Waals surface area contributed by atoms with E-state index in [0.717, 1.165) is 5.56 Å². The van der Waals surface area contributed by atoms with Gasteiger partial charge in [-0.3, -0.25) is 9.59 Å². The van der Waals surface area contributed by atoms with Gasteiger partial charge in [0.05, 0.1) is 16.6 Å². The third-order valence-corrected chi connectivity index (χ3v) is 2.98. The molecule has 0 aliphatic carbocycles. The maximum absolute atomic E-state index is 11.5. The van der Waals surface area contributed by atoms with Gasteiger partial charge in [-0.2, -0.15) is 0 Å². The average molecular weight is 315 g/mol. The molecule has 0 spiro atoms. The topological polar surface area (TPSA) is 58.2 Å². The lowest BCUT2D eigenvalue weighted by atomic mass is 10.2. The summed E-state index contributed by atoms with van der Waals surface area (Å²) in [5, 5.41) is 6.04. The first kappa shape index (κ1) is 16.5. The minimum atomic E-state index is -0.352. The van der Waals surface area contributed by atoms with E-state index >= 15 is 0 Å². The molecule has 0 heterocycles. The van der Waals surface area contributed by atoms with Gasteiger partial charge in [-0.25, -0.2) is 0 Å². The van der Waals surface area contributed by atoms with Crippen molar-refractivity contribution >= 4 is 41.1 Å². The monoisotopic (exact) mass is 314 g/mol. The Morgan fingerprint density at radius 3 is 2.55 bits per heavy atom. The molecule has 2 amide bonds. The predicted octanol–water partition coefficient (Wildman–Crippen LogP) is 2.65. The Labute approximate surface area is 128 Å². The molecule has 0 radical (unpaired) electrons. The van der Waals surface area contributed by atoms with Crippen molar-refractivity contribution in [1.82, 2.24) is 10.6 Å². The molecular formula is C14H16Cl2N2O2. The van der Waals surface area contributed by atoms with Crippen molar-refractivity contribution in [3.05, 3.63) is 39.9 Å². The first-order chi connectivity index (χ1) is 9.38. The first-order valence-corrected chi connectivity index (χ1v) is 6.84. The number of amides is 2. The zero-order chi connectivity index (χ0) is 15.1. The second-order valence-corrected chi connectivity index (χ2v) is 5.26. The lowest BCUT2D eigenvalue weighted by Gasteiger charge is -2.08. The van der Waals surface area contributed by atoms with E-state index < -0.39 is 0 Å². The Morgan fingerprint density at radius 1 is 1.25 bits per heavy atom. The van der Waals surface area contributed by atoms with Crippen molar-refractivity contribution in [1.29, 1.82) is 0 Å². The molecule has 0 aromatic heterocycles. The van der Waals surface area contributed by atoms with E-state index in [-0.39, 0.29) is 24.4 Å². The smallest absolute Gasteiger partial charge is 0.244 e. The fraction of sp³-hybridized carbons (Fsp3) is 0.286. The highest BCUT2D eigenvalue weighted by Crippen LogP contribution is 2.22. The van der Waals surface area contributed by atoms with Gasteiger partial charge in [0.2, 0.25) is 11.8 Å². The van der Waals surface area contributed by atoms with Crippen molar-refractivity contribution in [3.8, 4) is 0 Å². The van der Waals surface area contributed by atoms with Crippen LogP contribution in [0.1, 0.15) is 19.4 Å². The second kappa shape index (κ2) is 7.92. The third-order valence-electron chi connectivity index (χ3n) is 2.24. The van der Waals surface area contributed by atoms with Crippen LogP contribution >= 0.6 is 23.2 Å². The summed E-state index contributed by atoms with van der Waals surface area (Å²) in [6, 6.07) is 5.09. The largest absolute Gasteiger partial charge is 0.352 e. The summed E-state index contributed by atoms with van der Waals surface area (Å²) < 4.78 is 0. The number of hydrogen-bond donors (Lipinski definition) is 2. The van der Waals surface area contributed by atoms with Gasteiger partial charge < -0.3 is 10.6 Å². The Morgan fingerprint density at radius 2 is 1.95 bits per heavy atom. The fourth-order valence-electron chi connectivity index (χ4n) is 1.39. The average Bonchev–Trinajstić information content (AvgIpc) is 2.37. The maximum atomic E-state index is 11.5. The van der Waals surface area contributed by atoms with Gasteiger partial charge in [-0.15, -0.1) is 0 Å². The number of carbonyl (C=O) groups excluding carboxylic acids is 2. The van der Waals surface area contributed by atoms with Crippen LogP contribution in [0.2, 0.25) is 10.0 Å². The molecule has 0 atom stereocenters. The fourth-order valence-corrected chi connectivity index (χ4v) is 1.69. The molecule has 20 heavy (non-hydrogen) atoms. The van der Waals surface area contributed by atoms with Crippen LogP contribution in [0.4, 0.5) is 0 Å². The molecule has 1 aromatic carbocycles. The number of halogens is 2. The van der Waals surface area contributed by atoms with Crippen molar-refractivity contribution in [2.75, 3.05) is 6.54 Å². The molecule has 0 saturated heterocycles. The Hall–Kier alpha value is -1.52. The standard InChI is InChI=1S/C14H16Cl2N2O2/c1-9(2)18-14(20)8-17-13(19)6-4-10-3-5-11(15)12(16)7-10/h3-7,9H,8H2,1-2H3,(H,17,19)(H,18,20)/b6-4+. The molecule has 2 N–H and O–H groups in total. The highest BCUT2D eigenvalue weighted by Gasteiger charge is 2.04. The quantitative estimate of drug-likeness (QED) is 0.821. The zero-order valence-electron chi connectivity index (χ0n) is 11.2. The van der Waals surface area contributed by atoms with Crippen molar-refractivity contribution in [2.24, 2.45) is 0 Å². The van der Waals surface area contributed by atoms with Crippen LogP contribution < -0.4 is 10.6 Å². The molecule has 108 valence electrons. The van der Waals surface area contributed by atoms with Crippen LogP contribution in [-0.2, 0) is 9.59 Å². The number of benzene rings is 1. The Balaban J connectivity index is 2.47. The van der Waals surface area contributed by atoms with Crippen LogP contribution in [0, 0.1) is 0 Å². The van der Waals surface area contributed by atoms with Crippen LogP contribution in [0.5, 0.6) is 0 Å². The molecule has 4 nitrogen and oxygen atoms in total. The summed E-state index contributed by atoms with van der Waals surface area (Å²) in [5.41, 5.74) is 0.751. The highest BCUT2D eigenvalue weighted by atomic mass is 35.5.